The van der Waals surface area contributed by atoms with Gasteiger partial charge in [-0.3, -0.25) is 25.2 Å². The molecule has 3 amide bonds. The number of hydrazone groups is 1. The van der Waals surface area contributed by atoms with E-state index in [9.17, 15) is 45.1 Å². The summed E-state index contributed by atoms with van der Waals surface area (Å²) in [6.45, 7) is 1.35. The molecular weight excluding hydrogens is 541 g/mol. The third-order valence-electron chi connectivity index (χ3n) is 5.27. The Morgan fingerprint density at radius 3 is 2.22 bits per heavy atom. The van der Waals surface area contributed by atoms with Crippen LogP contribution in [-0.2, 0) is 11.2 Å². The summed E-state index contributed by atoms with van der Waals surface area (Å²) >= 11 is 5.91. The van der Waals surface area contributed by atoms with Gasteiger partial charge in [0.15, 0.2) is 5.76 Å². The summed E-state index contributed by atoms with van der Waals surface area (Å²) in [6, 6.07) is 5.96. The zero-order valence-corrected chi connectivity index (χ0v) is 19.3. The molecule has 0 radical (unpaired) electrons. The van der Waals surface area contributed by atoms with Gasteiger partial charge in [0.2, 0.25) is 0 Å². The number of aryl methyl sites for hydroxylation is 1. The number of furan rings is 1. The van der Waals surface area contributed by atoms with Crippen LogP contribution in [0.2, 0.25) is 5.02 Å². The number of rotatable bonds is 5. The van der Waals surface area contributed by atoms with Crippen molar-refractivity contribution in [3.05, 3.63) is 57.5 Å². The first kappa shape index (κ1) is 28.0. The van der Waals surface area contributed by atoms with Crippen LogP contribution in [0.15, 0.2) is 33.8 Å². The molecule has 200 valence electrons. The highest BCUT2D eigenvalue weighted by molar-refractivity contribution is 6.33. The average molecular weight is 557 g/mol. The van der Waals surface area contributed by atoms with Gasteiger partial charge in [0.1, 0.15) is 5.76 Å². The second-order valence-electron chi connectivity index (χ2n) is 7.74. The normalized spacial score (nSPS) is 15.2. The summed E-state index contributed by atoms with van der Waals surface area (Å²) < 4.78 is 95.7. The Kier molecular flexibility index (Phi) is 7.58. The molecule has 1 aromatic carbocycles. The first-order valence-corrected chi connectivity index (χ1v) is 10.6. The summed E-state index contributed by atoms with van der Waals surface area (Å²) in [5.74, 6) is -17.7. The van der Waals surface area contributed by atoms with Crippen LogP contribution < -0.4 is 16.3 Å². The minimum Gasteiger partial charge on any atom is -0.455 e. The lowest BCUT2D eigenvalue weighted by Crippen LogP contribution is -2.58. The molecular formula is C21H16ClF7N4O4. The van der Waals surface area contributed by atoms with Crippen LogP contribution in [0.4, 0.5) is 30.7 Å². The van der Waals surface area contributed by atoms with E-state index in [1.807, 2.05) is 0 Å². The Bertz CT molecular complexity index is 1270. The van der Waals surface area contributed by atoms with Crippen molar-refractivity contribution in [2.45, 2.75) is 44.2 Å². The summed E-state index contributed by atoms with van der Waals surface area (Å²) in [6.07, 6.45) is -6.22. The van der Waals surface area contributed by atoms with E-state index in [1.165, 1.54) is 25.1 Å². The quantitative estimate of drug-likeness (QED) is 0.376. The van der Waals surface area contributed by atoms with E-state index >= 15 is 0 Å². The van der Waals surface area contributed by atoms with Gasteiger partial charge in [-0.2, -0.15) is 35.8 Å². The molecule has 1 aliphatic carbocycles. The molecule has 0 spiro atoms. The molecule has 1 heterocycles. The van der Waals surface area contributed by atoms with Crippen LogP contribution in [0.3, 0.4) is 0 Å². The number of fused-ring (bicyclic) bond motifs is 1. The lowest BCUT2D eigenvalue weighted by Gasteiger charge is -2.26. The Balaban J connectivity index is 1.78. The number of nitrogens with zero attached hydrogens (tertiary/aromatic N) is 1. The fourth-order valence-electron chi connectivity index (χ4n) is 3.39. The van der Waals surface area contributed by atoms with Gasteiger partial charge in [-0.15, -0.1) is 0 Å². The monoisotopic (exact) mass is 556 g/mol. The molecule has 3 rings (SSSR count). The maximum atomic E-state index is 13.6. The number of hydrogen-bond acceptors (Lipinski definition) is 5. The van der Waals surface area contributed by atoms with Crippen LogP contribution in [0.5, 0.6) is 0 Å². The number of carbonyl (C=O) groups excluding carboxylic acids is 3. The minimum absolute atomic E-state index is 0.0147. The molecule has 0 atom stereocenters. The van der Waals surface area contributed by atoms with E-state index in [2.05, 4.69) is 16.0 Å². The first-order chi connectivity index (χ1) is 17.1. The largest absolute Gasteiger partial charge is 0.460 e. The summed E-state index contributed by atoms with van der Waals surface area (Å²) in [5, 5.41) is 3.42. The van der Waals surface area contributed by atoms with Crippen LogP contribution in [0.25, 0.3) is 0 Å². The number of amides is 3. The zero-order valence-electron chi connectivity index (χ0n) is 18.5. The lowest BCUT2D eigenvalue weighted by molar-refractivity contribution is -0.344. The number of carbonyl (C=O) groups is 3. The van der Waals surface area contributed by atoms with E-state index in [0.29, 0.717) is 0 Å². The smallest absolute Gasteiger partial charge is 0.455 e. The molecule has 0 fully saturated rings. The van der Waals surface area contributed by atoms with Crippen molar-refractivity contribution in [2.24, 2.45) is 5.10 Å². The fourth-order valence-corrected chi connectivity index (χ4v) is 3.61. The first-order valence-electron chi connectivity index (χ1n) is 10.3. The summed E-state index contributed by atoms with van der Waals surface area (Å²) in [4.78, 5) is 36.3. The van der Waals surface area contributed by atoms with Crippen molar-refractivity contribution in [3.8, 4) is 0 Å². The van der Waals surface area contributed by atoms with Crippen molar-refractivity contribution in [1.82, 2.24) is 16.3 Å². The second-order valence-corrected chi connectivity index (χ2v) is 8.15. The number of hydrogen-bond donors (Lipinski definition) is 3. The number of alkyl halides is 7. The van der Waals surface area contributed by atoms with Crippen LogP contribution in [-0.4, -0.2) is 41.5 Å². The van der Waals surface area contributed by atoms with E-state index < -0.39 is 35.7 Å². The van der Waals surface area contributed by atoms with Gasteiger partial charge in [0, 0.05) is 17.5 Å². The molecule has 0 aliphatic heterocycles. The van der Waals surface area contributed by atoms with Crippen molar-refractivity contribution in [2.75, 3.05) is 0 Å². The van der Waals surface area contributed by atoms with E-state index in [0.717, 1.165) is 5.43 Å². The van der Waals surface area contributed by atoms with Gasteiger partial charge in [0.05, 0.1) is 16.3 Å². The van der Waals surface area contributed by atoms with Crippen LogP contribution >= 0.6 is 11.6 Å². The lowest BCUT2D eigenvalue weighted by atomic mass is 9.93. The van der Waals surface area contributed by atoms with E-state index in [-0.39, 0.29) is 58.2 Å². The van der Waals surface area contributed by atoms with Gasteiger partial charge in [-0.05, 0) is 31.9 Å². The molecule has 2 aromatic rings. The Labute approximate surface area is 208 Å². The maximum absolute atomic E-state index is 13.6. The highest BCUT2D eigenvalue weighted by Gasteiger charge is 2.76. The van der Waals surface area contributed by atoms with Crippen LogP contribution in [0.1, 0.15) is 50.6 Å². The molecule has 0 saturated heterocycles. The topological polar surface area (TPSA) is 113 Å². The Hall–Kier alpha value is -3.62. The number of nitrogens with one attached hydrogen (secondary N) is 3. The average Bonchev–Trinajstić information content (AvgIpc) is 3.17. The molecule has 16 heteroatoms. The Morgan fingerprint density at radius 2 is 1.59 bits per heavy atom. The third-order valence-corrected chi connectivity index (χ3v) is 5.60. The van der Waals surface area contributed by atoms with Crippen molar-refractivity contribution in [3.63, 3.8) is 0 Å². The molecule has 8 nitrogen and oxygen atoms in total. The van der Waals surface area contributed by atoms with Gasteiger partial charge >= 0.3 is 29.8 Å². The number of halogens is 8. The molecule has 3 N–H and O–H groups in total. The molecule has 0 unspecified atom stereocenters. The van der Waals surface area contributed by atoms with Crippen molar-refractivity contribution < 1.29 is 49.5 Å². The fraction of sp³-hybridized carbons (Fsp3) is 0.333. The maximum Gasteiger partial charge on any atom is 0.460 e. The van der Waals surface area contributed by atoms with Crippen molar-refractivity contribution >= 4 is 35.0 Å². The molecule has 0 saturated carbocycles. The zero-order chi connectivity index (χ0) is 27.8. The summed E-state index contributed by atoms with van der Waals surface area (Å²) in [7, 11) is 0. The standard InChI is InChI=1S/C21H16ClF7N4O4/c1-9-14-12(30-33-18(36)19(23,24)20(25,26)21(27,28)29)7-4-8-13(14)37-15(9)17(35)32-31-16(34)10-5-2-3-6-11(10)22/h2-3,5-6H,4,7-8H2,1H3,(H,31,34)(H,32,35)(H,33,36)/b30-12+. The van der Waals surface area contributed by atoms with Gasteiger partial charge in [-0.1, -0.05) is 23.7 Å². The van der Waals surface area contributed by atoms with Crippen LogP contribution in [0, 0.1) is 6.92 Å². The van der Waals surface area contributed by atoms with Gasteiger partial charge < -0.3 is 4.42 Å². The van der Waals surface area contributed by atoms with Gasteiger partial charge in [0.25, 0.3) is 5.91 Å². The van der Waals surface area contributed by atoms with E-state index in [1.54, 1.807) is 6.07 Å². The second kappa shape index (κ2) is 10.0. The van der Waals surface area contributed by atoms with Gasteiger partial charge in [-0.25, -0.2) is 5.43 Å². The Morgan fingerprint density at radius 1 is 0.973 bits per heavy atom. The summed E-state index contributed by atoms with van der Waals surface area (Å²) in [5.41, 5.74) is 5.28. The highest BCUT2D eigenvalue weighted by Crippen LogP contribution is 2.46. The number of hydrazine groups is 1. The molecule has 37 heavy (non-hydrogen) atoms. The highest BCUT2D eigenvalue weighted by atomic mass is 35.5. The molecule has 0 bridgehead atoms. The molecule has 1 aliphatic rings. The third kappa shape index (κ3) is 5.26. The SMILES string of the molecule is Cc1c(C(=O)NNC(=O)c2ccccc2Cl)oc2c1/C(=N/NC(=O)C(F)(F)C(F)(F)C(F)(F)F)CCC2. The minimum atomic E-state index is -6.69. The molecule has 1 aromatic heterocycles. The van der Waals surface area contributed by atoms with Crippen molar-refractivity contribution in [1.29, 1.82) is 0 Å². The predicted octanol–water partition coefficient (Wildman–Crippen LogP) is 4.31. The number of benzene rings is 1. The predicted molar refractivity (Wildman–Crippen MR) is 113 cm³/mol. The van der Waals surface area contributed by atoms with E-state index in [4.69, 9.17) is 16.0 Å².